The summed E-state index contributed by atoms with van der Waals surface area (Å²) in [7, 11) is 1.79. The SMILES string of the molecule is COC1CCN(C(c2cccs2)C(C)N)C1. The molecule has 4 heteroatoms. The molecule has 3 unspecified atom stereocenters. The van der Waals surface area contributed by atoms with Gasteiger partial charge in [-0.2, -0.15) is 0 Å². The van der Waals surface area contributed by atoms with Crippen molar-refractivity contribution < 1.29 is 4.74 Å². The zero-order valence-electron chi connectivity index (χ0n) is 9.93. The minimum absolute atomic E-state index is 0.161. The zero-order chi connectivity index (χ0) is 11.5. The van der Waals surface area contributed by atoms with Crippen molar-refractivity contribution in [3.63, 3.8) is 0 Å². The van der Waals surface area contributed by atoms with Crippen molar-refractivity contribution in [2.24, 2.45) is 5.73 Å². The summed E-state index contributed by atoms with van der Waals surface area (Å²) in [4.78, 5) is 3.82. The molecule has 0 spiro atoms. The largest absolute Gasteiger partial charge is 0.380 e. The molecule has 1 aromatic heterocycles. The Morgan fingerprint density at radius 3 is 2.94 bits per heavy atom. The van der Waals surface area contributed by atoms with Gasteiger partial charge >= 0.3 is 0 Å². The van der Waals surface area contributed by atoms with Gasteiger partial charge in [-0.15, -0.1) is 11.3 Å². The smallest absolute Gasteiger partial charge is 0.0710 e. The van der Waals surface area contributed by atoms with Crippen LogP contribution in [-0.2, 0) is 4.74 Å². The van der Waals surface area contributed by atoms with Gasteiger partial charge in [0.2, 0.25) is 0 Å². The second-order valence-electron chi connectivity index (χ2n) is 4.46. The van der Waals surface area contributed by atoms with Crippen LogP contribution in [0.2, 0.25) is 0 Å². The summed E-state index contributed by atoms with van der Waals surface area (Å²) >= 11 is 1.79. The molecular weight excluding hydrogens is 220 g/mol. The van der Waals surface area contributed by atoms with Gasteiger partial charge in [-0.3, -0.25) is 4.90 Å². The van der Waals surface area contributed by atoms with Gasteiger partial charge in [0.1, 0.15) is 0 Å². The van der Waals surface area contributed by atoms with Gasteiger partial charge in [0.15, 0.2) is 0 Å². The number of hydrogen-bond donors (Lipinski definition) is 1. The van der Waals surface area contributed by atoms with Crippen LogP contribution in [-0.4, -0.2) is 37.2 Å². The maximum Gasteiger partial charge on any atom is 0.0710 e. The van der Waals surface area contributed by atoms with E-state index in [-0.39, 0.29) is 6.04 Å². The molecule has 90 valence electrons. The maximum absolute atomic E-state index is 6.12. The van der Waals surface area contributed by atoms with Crippen LogP contribution in [0.25, 0.3) is 0 Å². The fraction of sp³-hybridized carbons (Fsp3) is 0.667. The van der Waals surface area contributed by atoms with Gasteiger partial charge < -0.3 is 10.5 Å². The number of nitrogens with two attached hydrogens (primary N) is 1. The average molecular weight is 240 g/mol. The minimum Gasteiger partial charge on any atom is -0.380 e. The molecule has 1 fully saturated rings. The van der Waals surface area contributed by atoms with Crippen molar-refractivity contribution in [3.05, 3.63) is 22.4 Å². The van der Waals surface area contributed by atoms with Crippen LogP contribution >= 0.6 is 11.3 Å². The Balaban J connectivity index is 2.09. The number of methoxy groups -OCH3 is 1. The van der Waals surface area contributed by atoms with E-state index in [1.54, 1.807) is 18.4 Å². The Morgan fingerprint density at radius 2 is 2.44 bits per heavy atom. The van der Waals surface area contributed by atoms with Gasteiger partial charge in [-0.25, -0.2) is 0 Å². The Bertz CT molecular complexity index is 313. The third kappa shape index (κ3) is 2.46. The Kier molecular flexibility index (Phi) is 3.97. The van der Waals surface area contributed by atoms with E-state index in [1.165, 1.54) is 4.88 Å². The number of likely N-dealkylation sites (tertiary alicyclic amines) is 1. The molecule has 2 heterocycles. The first-order valence-corrected chi connectivity index (χ1v) is 6.66. The number of rotatable bonds is 4. The van der Waals surface area contributed by atoms with Crippen molar-refractivity contribution in [3.8, 4) is 0 Å². The van der Waals surface area contributed by atoms with Crippen molar-refractivity contribution in [2.45, 2.75) is 31.5 Å². The normalized spacial score (nSPS) is 25.8. The standard InChI is InChI=1S/C12H20N2OS/c1-9(13)12(11-4-3-7-16-11)14-6-5-10(8-14)15-2/h3-4,7,9-10,12H,5-6,8,13H2,1-2H3. The molecule has 1 aromatic rings. The molecule has 0 radical (unpaired) electrons. The predicted molar refractivity (Wildman–Crippen MR) is 67.7 cm³/mol. The van der Waals surface area contributed by atoms with Gasteiger partial charge in [0, 0.05) is 31.1 Å². The lowest BCUT2D eigenvalue weighted by Crippen LogP contribution is -2.38. The van der Waals surface area contributed by atoms with Crippen LogP contribution < -0.4 is 5.73 Å². The molecule has 0 aliphatic carbocycles. The van der Waals surface area contributed by atoms with Crippen LogP contribution in [0.1, 0.15) is 24.3 Å². The molecule has 0 saturated carbocycles. The lowest BCUT2D eigenvalue weighted by Gasteiger charge is -2.30. The monoisotopic (exact) mass is 240 g/mol. The molecule has 3 atom stereocenters. The summed E-state index contributed by atoms with van der Waals surface area (Å²) in [5.74, 6) is 0. The molecule has 1 saturated heterocycles. The zero-order valence-corrected chi connectivity index (χ0v) is 10.7. The highest BCUT2D eigenvalue weighted by molar-refractivity contribution is 7.10. The van der Waals surface area contributed by atoms with E-state index in [0.717, 1.165) is 19.5 Å². The summed E-state index contributed by atoms with van der Waals surface area (Å²) in [6, 6.07) is 4.78. The van der Waals surface area contributed by atoms with Crippen molar-refractivity contribution in [1.29, 1.82) is 0 Å². The molecule has 1 aliphatic rings. The summed E-state index contributed by atoms with van der Waals surface area (Å²) < 4.78 is 5.41. The highest BCUT2D eigenvalue weighted by atomic mass is 32.1. The molecule has 0 amide bonds. The fourth-order valence-electron chi connectivity index (χ4n) is 2.43. The number of thiophene rings is 1. The van der Waals surface area contributed by atoms with Gasteiger partial charge in [-0.1, -0.05) is 6.07 Å². The van der Waals surface area contributed by atoms with E-state index >= 15 is 0 Å². The van der Waals surface area contributed by atoms with Crippen LogP contribution in [0, 0.1) is 0 Å². The highest BCUT2D eigenvalue weighted by Gasteiger charge is 2.31. The van der Waals surface area contributed by atoms with Crippen molar-refractivity contribution in [1.82, 2.24) is 4.90 Å². The van der Waals surface area contributed by atoms with E-state index in [4.69, 9.17) is 10.5 Å². The van der Waals surface area contributed by atoms with Crippen LogP contribution in [0.4, 0.5) is 0 Å². The van der Waals surface area contributed by atoms with E-state index in [2.05, 4.69) is 29.3 Å². The molecule has 1 aliphatic heterocycles. The third-order valence-corrected chi connectivity index (χ3v) is 4.18. The molecule has 16 heavy (non-hydrogen) atoms. The first kappa shape index (κ1) is 12.0. The average Bonchev–Trinajstić information content (AvgIpc) is 2.88. The molecule has 0 bridgehead atoms. The quantitative estimate of drug-likeness (QED) is 0.873. The summed E-state index contributed by atoms with van der Waals surface area (Å²) in [6.07, 6.45) is 1.49. The molecular formula is C12H20N2OS. The van der Waals surface area contributed by atoms with E-state index in [9.17, 15) is 0 Å². The third-order valence-electron chi connectivity index (χ3n) is 3.24. The van der Waals surface area contributed by atoms with Crippen molar-refractivity contribution in [2.75, 3.05) is 20.2 Å². The van der Waals surface area contributed by atoms with Crippen LogP contribution in [0.3, 0.4) is 0 Å². The second kappa shape index (κ2) is 5.27. The number of ether oxygens (including phenoxy) is 1. The molecule has 3 nitrogen and oxygen atoms in total. The Labute approximate surface area is 101 Å². The van der Waals surface area contributed by atoms with Gasteiger partial charge in [0.05, 0.1) is 12.1 Å². The minimum atomic E-state index is 0.161. The summed E-state index contributed by atoms with van der Waals surface area (Å²) in [5.41, 5.74) is 6.12. The van der Waals surface area contributed by atoms with Gasteiger partial charge in [0.25, 0.3) is 0 Å². The van der Waals surface area contributed by atoms with Crippen LogP contribution in [0.15, 0.2) is 17.5 Å². The van der Waals surface area contributed by atoms with E-state index < -0.39 is 0 Å². The lowest BCUT2D eigenvalue weighted by molar-refractivity contribution is 0.0986. The second-order valence-corrected chi connectivity index (χ2v) is 5.44. The molecule has 2 rings (SSSR count). The first-order valence-electron chi connectivity index (χ1n) is 5.78. The Hall–Kier alpha value is -0.420. The first-order chi connectivity index (χ1) is 7.72. The maximum atomic E-state index is 6.12. The summed E-state index contributed by atoms with van der Waals surface area (Å²) in [5, 5.41) is 2.12. The molecule has 2 N–H and O–H groups in total. The lowest BCUT2D eigenvalue weighted by atomic mass is 10.1. The topological polar surface area (TPSA) is 38.5 Å². The number of nitrogens with zero attached hydrogens (tertiary/aromatic N) is 1. The number of hydrogen-bond acceptors (Lipinski definition) is 4. The van der Waals surface area contributed by atoms with Gasteiger partial charge in [-0.05, 0) is 24.8 Å². The highest BCUT2D eigenvalue weighted by Crippen LogP contribution is 2.30. The van der Waals surface area contributed by atoms with E-state index in [1.807, 2.05) is 0 Å². The van der Waals surface area contributed by atoms with Crippen molar-refractivity contribution >= 4 is 11.3 Å². The van der Waals surface area contributed by atoms with E-state index in [0.29, 0.717) is 12.1 Å². The van der Waals surface area contributed by atoms with Crippen LogP contribution in [0.5, 0.6) is 0 Å². The predicted octanol–water partition coefficient (Wildman–Crippen LogP) is 1.86. The fourth-order valence-corrected chi connectivity index (χ4v) is 3.40. The summed E-state index contributed by atoms with van der Waals surface area (Å²) in [6.45, 7) is 4.17. The molecule has 0 aromatic carbocycles. The Morgan fingerprint density at radius 1 is 1.62 bits per heavy atom.